The zero-order valence-electron chi connectivity index (χ0n) is 13.6. The number of hydrogen-bond acceptors (Lipinski definition) is 3. The van der Waals surface area contributed by atoms with Crippen LogP contribution in [0.3, 0.4) is 0 Å². The van der Waals surface area contributed by atoms with Crippen LogP contribution in [0.1, 0.15) is 58.8 Å². The second-order valence-electron chi connectivity index (χ2n) is 8.50. The van der Waals surface area contributed by atoms with Crippen LogP contribution in [0.2, 0.25) is 0 Å². The lowest BCUT2D eigenvalue weighted by Gasteiger charge is -2.62. The van der Waals surface area contributed by atoms with Gasteiger partial charge in [0, 0.05) is 18.8 Å². The predicted molar refractivity (Wildman–Crippen MR) is 83.1 cm³/mol. The van der Waals surface area contributed by atoms with Gasteiger partial charge in [0.25, 0.3) is 0 Å². The molecule has 4 aliphatic carbocycles. The Morgan fingerprint density at radius 2 is 1.86 bits per heavy atom. The van der Waals surface area contributed by atoms with Crippen molar-refractivity contribution in [1.82, 2.24) is 0 Å². The van der Waals surface area contributed by atoms with Crippen LogP contribution >= 0.6 is 0 Å². The number of Topliss-reactive ketones (excluding diaryl/α,β-unsaturated/α-hetero) is 2. The van der Waals surface area contributed by atoms with Gasteiger partial charge in [-0.3, -0.25) is 9.59 Å². The average molecular weight is 302 g/mol. The molecule has 0 aromatic rings. The molecule has 1 unspecified atom stereocenters. The molecule has 0 amide bonds. The third kappa shape index (κ3) is 1.51. The first-order valence-corrected chi connectivity index (χ1v) is 8.79. The fourth-order valence-electron chi connectivity index (χ4n) is 6.36. The van der Waals surface area contributed by atoms with Crippen molar-refractivity contribution in [3.05, 3.63) is 12.2 Å². The van der Waals surface area contributed by atoms with Crippen LogP contribution in [0, 0.1) is 28.6 Å². The van der Waals surface area contributed by atoms with Gasteiger partial charge in [-0.25, -0.2) is 0 Å². The highest BCUT2D eigenvalue weighted by Crippen LogP contribution is 2.65. The molecule has 0 aromatic heterocycles. The van der Waals surface area contributed by atoms with Gasteiger partial charge in [0.05, 0.1) is 11.0 Å². The minimum absolute atomic E-state index is 0.124. The minimum Gasteiger partial charge on any atom is -0.389 e. The molecule has 3 fully saturated rings. The summed E-state index contributed by atoms with van der Waals surface area (Å²) in [5, 5.41) is 11.7. The van der Waals surface area contributed by atoms with E-state index in [1.54, 1.807) is 0 Å². The second kappa shape index (κ2) is 4.31. The number of allylic oxidation sites excluding steroid dienone is 2. The quantitative estimate of drug-likeness (QED) is 0.700. The normalized spacial score (nSPS) is 53.9. The second-order valence-corrected chi connectivity index (χ2v) is 8.50. The molecular weight excluding hydrogens is 276 g/mol. The van der Waals surface area contributed by atoms with Crippen molar-refractivity contribution >= 4 is 11.6 Å². The number of fused-ring (bicyclic) bond motifs is 5. The van der Waals surface area contributed by atoms with Gasteiger partial charge >= 0.3 is 0 Å². The standard InChI is InChI=1S/C19H26O3/c1-17-9-3-4-12(17)13-5-6-14-15(20)7-8-16(21)18(14,2)19(13,22)11-10-17/h3,9,12-14,22H,4-8,10-11H2,1-2H3/t12-,13-,14?,17-,18+,19+/m0/s1. The molecule has 6 atom stereocenters. The van der Waals surface area contributed by atoms with Crippen LogP contribution in [0.4, 0.5) is 0 Å². The maximum Gasteiger partial charge on any atom is 0.142 e. The molecule has 22 heavy (non-hydrogen) atoms. The Morgan fingerprint density at radius 1 is 1.09 bits per heavy atom. The Labute approximate surface area is 132 Å². The summed E-state index contributed by atoms with van der Waals surface area (Å²) in [4.78, 5) is 25.2. The van der Waals surface area contributed by atoms with E-state index in [9.17, 15) is 14.7 Å². The maximum atomic E-state index is 12.8. The highest BCUT2D eigenvalue weighted by Gasteiger charge is 2.68. The van der Waals surface area contributed by atoms with Gasteiger partial charge in [0.2, 0.25) is 0 Å². The van der Waals surface area contributed by atoms with E-state index in [2.05, 4.69) is 19.1 Å². The van der Waals surface area contributed by atoms with Crippen LogP contribution in [0.15, 0.2) is 12.2 Å². The highest BCUT2D eigenvalue weighted by molar-refractivity contribution is 5.99. The van der Waals surface area contributed by atoms with E-state index in [-0.39, 0.29) is 28.8 Å². The van der Waals surface area contributed by atoms with Crippen molar-refractivity contribution in [2.45, 2.75) is 64.4 Å². The van der Waals surface area contributed by atoms with Crippen LogP contribution in [0.5, 0.6) is 0 Å². The summed E-state index contributed by atoms with van der Waals surface area (Å²) in [7, 11) is 0. The first-order valence-electron chi connectivity index (χ1n) is 8.79. The molecule has 0 spiro atoms. The minimum atomic E-state index is -0.987. The van der Waals surface area contributed by atoms with Crippen LogP contribution in [0.25, 0.3) is 0 Å². The van der Waals surface area contributed by atoms with Crippen molar-refractivity contribution in [1.29, 1.82) is 0 Å². The molecule has 0 radical (unpaired) electrons. The summed E-state index contributed by atoms with van der Waals surface area (Å²) < 4.78 is 0. The van der Waals surface area contributed by atoms with Gasteiger partial charge in [-0.1, -0.05) is 19.1 Å². The Hall–Kier alpha value is -0.960. The molecule has 3 saturated carbocycles. The van der Waals surface area contributed by atoms with Crippen LogP contribution < -0.4 is 0 Å². The molecule has 1 N–H and O–H groups in total. The lowest BCUT2D eigenvalue weighted by Crippen LogP contribution is -2.68. The van der Waals surface area contributed by atoms with Gasteiger partial charge in [-0.05, 0) is 56.3 Å². The summed E-state index contributed by atoms with van der Waals surface area (Å²) in [5.41, 5.74) is -1.67. The third-order valence-electron chi connectivity index (χ3n) is 7.81. The van der Waals surface area contributed by atoms with Gasteiger partial charge in [0.15, 0.2) is 0 Å². The molecule has 4 aliphatic rings. The lowest BCUT2D eigenvalue weighted by molar-refractivity contribution is -0.220. The van der Waals surface area contributed by atoms with Crippen molar-refractivity contribution < 1.29 is 14.7 Å². The van der Waals surface area contributed by atoms with E-state index in [0.717, 1.165) is 25.7 Å². The summed E-state index contributed by atoms with van der Waals surface area (Å²) >= 11 is 0. The Bertz CT molecular complexity index is 579. The fraction of sp³-hybridized carbons (Fsp3) is 0.789. The third-order valence-corrected chi connectivity index (χ3v) is 7.81. The lowest BCUT2D eigenvalue weighted by atomic mass is 9.42. The summed E-state index contributed by atoms with van der Waals surface area (Å²) in [6.45, 7) is 4.19. The molecular formula is C19H26O3. The van der Waals surface area contributed by atoms with E-state index in [4.69, 9.17) is 0 Å². The van der Waals surface area contributed by atoms with E-state index >= 15 is 0 Å². The van der Waals surface area contributed by atoms with Crippen molar-refractivity contribution in [3.63, 3.8) is 0 Å². The zero-order valence-corrected chi connectivity index (χ0v) is 13.6. The van der Waals surface area contributed by atoms with Gasteiger partial charge < -0.3 is 5.11 Å². The highest BCUT2D eigenvalue weighted by atomic mass is 16.3. The van der Waals surface area contributed by atoms with E-state index in [1.807, 2.05) is 6.92 Å². The summed E-state index contributed by atoms with van der Waals surface area (Å²) in [6, 6.07) is 0. The average Bonchev–Trinajstić information content (AvgIpc) is 2.87. The topological polar surface area (TPSA) is 54.4 Å². The van der Waals surface area contributed by atoms with Crippen molar-refractivity contribution in [2.75, 3.05) is 0 Å². The zero-order chi connectivity index (χ0) is 15.8. The number of rotatable bonds is 0. The Kier molecular flexibility index (Phi) is 2.87. The SMILES string of the molecule is C[C@@]12C=CC[C@H]1[C@@H]1CCC3C(=O)CCC(=O)[C@]3(C)[C@@]1(O)CC2. The van der Waals surface area contributed by atoms with Crippen LogP contribution in [-0.4, -0.2) is 22.3 Å². The molecule has 0 heterocycles. The predicted octanol–water partition coefficient (Wildman–Crippen LogP) is 3.06. The van der Waals surface area contributed by atoms with Crippen molar-refractivity contribution in [2.24, 2.45) is 28.6 Å². The molecule has 3 heteroatoms. The van der Waals surface area contributed by atoms with Crippen LogP contribution in [-0.2, 0) is 9.59 Å². The summed E-state index contributed by atoms with van der Waals surface area (Å²) in [6.07, 6.45) is 9.51. The molecule has 0 bridgehead atoms. The Balaban J connectivity index is 1.79. The summed E-state index contributed by atoms with van der Waals surface area (Å²) in [5.74, 6) is 0.644. The van der Waals surface area contributed by atoms with Gasteiger partial charge in [-0.15, -0.1) is 0 Å². The number of aliphatic hydroxyl groups is 1. The van der Waals surface area contributed by atoms with Gasteiger partial charge in [0.1, 0.15) is 11.6 Å². The number of carbonyl (C=O) groups excluding carboxylic acids is 2. The van der Waals surface area contributed by atoms with E-state index in [1.165, 1.54) is 0 Å². The van der Waals surface area contributed by atoms with Crippen molar-refractivity contribution in [3.8, 4) is 0 Å². The molecule has 0 aliphatic heterocycles. The maximum absolute atomic E-state index is 12.8. The Morgan fingerprint density at radius 3 is 2.64 bits per heavy atom. The number of ketones is 2. The molecule has 0 aromatic carbocycles. The first kappa shape index (κ1) is 14.6. The molecule has 4 rings (SSSR count). The first-order chi connectivity index (χ1) is 10.3. The van der Waals surface area contributed by atoms with E-state index < -0.39 is 11.0 Å². The molecule has 0 saturated heterocycles. The molecule has 3 nitrogen and oxygen atoms in total. The number of carbonyl (C=O) groups is 2. The van der Waals surface area contributed by atoms with Gasteiger partial charge in [-0.2, -0.15) is 0 Å². The monoisotopic (exact) mass is 302 g/mol. The largest absolute Gasteiger partial charge is 0.389 e. The fourth-order valence-corrected chi connectivity index (χ4v) is 6.36. The number of hydrogen-bond donors (Lipinski definition) is 1. The molecule has 120 valence electrons. The smallest absolute Gasteiger partial charge is 0.142 e. The van der Waals surface area contributed by atoms with E-state index in [0.29, 0.717) is 25.2 Å².